The quantitative estimate of drug-likeness (QED) is 0.583. The molecule has 6 atom stereocenters. The molecule has 138 valence electrons. The fraction of sp³-hybridized carbons (Fsp3) is 0.526. The molecular weight excluding hydrogens is 402 g/mol. The number of esters is 2. The smallest absolute Gasteiger partial charge is 0.338 e. The first-order valence-electron chi connectivity index (χ1n) is 8.94. The zero-order valence-electron chi connectivity index (χ0n) is 14.3. The van der Waals surface area contributed by atoms with Crippen LogP contribution >= 0.6 is 15.9 Å². The number of alkyl halides is 1. The number of benzene rings is 1. The van der Waals surface area contributed by atoms with Crippen molar-refractivity contribution in [1.82, 2.24) is 0 Å². The average molecular weight is 422 g/mol. The number of carbonyl (C=O) groups is 3. The summed E-state index contributed by atoms with van der Waals surface area (Å²) in [4.78, 5) is 36.8. The van der Waals surface area contributed by atoms with Crippen molar-refractivity contribution in [3.8, 4) is 0 Å². The van der Waals surface area contributed by atoms with Gasteiger partial charge in [-0.3, -0.25) is 9.59 Å². The molecule has 26 heavy (non-hydrogen) atoms. The van der Waals surface area contributed by atoms with E-state index >= 15 is 0 Å². The molecule has 0 unspecified atom stereocenters. The van der Waals surface area contributed by atoms with Crippen LogP contribution in [-0.4, -0.2) is 35.4 Å². The van der Waals surface area contributed by atoms with Crippen molar-refractivity contribution >= 4 is 39.5 Å². The van der Waals surface area contributed by atoms with E-state index in [9.17, 15) is 14.4 Å². The molecule has 7 heteroatoms. The monoisotopic (exact) mass is 421 g/mol. The second-order valence-corrected chi connectivity index (χ2v) is 8.22. The van der Waals surface area contributed by atoms with Crippen LogP contribution in [0.15, 0.2) is 24.3 Å². The number of halogens is 1. The number of anilines is 1. The first-order valence-corrected chi connectivity index (χ1v) is 9.85. The maximum absolute atomic E-state index is 12.8. The molecule has 2 saturated carbocycles. The van der Waals surface area contributed by atoms with E-state index in [2.05, 4.69) is 21.2 Å². The summed E-state index contributed by atoms with van der Waals surface area (Å²) in [6.45, 7) is 2.31. The number of hydrogen-bond acceptors (Lipinski definition) is 5. The van der Waals surface area contributed by atoms with Crippen molar-refractivity contribution < 1.29 is 23.9 Å². The first kappa shape index (κ1) is 17.5. The minimum Gasteiger partial charge on any atom is -0.462 e. The van der Waals surface area contributed by atoms with E-state index in [0.717, 1.165) is 12.8 Å². The van der Waals surface area contributed by atoms with Crippen LogP contribution < -0.4 is 5.32 Å². The number of fused-ring (bicyclic) bond motifs is 1. The van der Waals surface area contributed by atoms with Crippen LogP contribution in [0.1, 0.15) is 30.1 Å². The lowest BCUT2D eigenvalue weighted by Gasteiger charge is -2.27. The van der Waals surface area contributed by atoms with E-state index in [1.165, 1.54) is 0 Å². The van der Waals surface area contributed by atoms with Crippen molar-refractivity contribution in [3.05, 3.63) is 29.8 Å². The predicted molar refractivity (Wildman–Crippen MR) is 96.8 cm³/mol. The van der Waals surface area contributed by atoms with E-state index in [0.29, 0.717) is 17.9 Å². The van der Waals surface area contributed by atoms with E-state index in [1.807, 2.05) is 6.92 Å². The third-order valence-corrected chi connectivity index (χ3v) is 6.85. The zero-order valence-corrected chi connectivity index (χ0v) is 15.9. The highest BCUT2D eigenvalue weighted by Crippen LogP contribution is 2.60. The Hall–Kier alpha value is -1.89. The van der Waals surface area contributed by atoms with Gasteiger partial charge in [0.1, 0.15) is 6.10 Å². The SMILES string of the molecule is CCCOC(=O)c1ccc(NC(=O)[C@H]2[C@@H]3C[C@H]4[C@H](OC(=O)[C@@H]42)[C@@H]3Br)cc1. The van der Waals surface area contributed by atoms with Crippen LogP contribution in [0.2, 0.25) is 0 Å². The zero-order chi connectivity index (χ0) is 18.4. The Bertz CT molecular complexity index is 749. The lowest BCUT2D eigenvalue weighted by atomic mass is 9.79. The number of hydrogen-bond donors (Lipinski definition) is 1. The van der Waals surface area contributed by atoms with Gasteiger partial charge >= 0.3 is 11.9 Å². The van der Waals surface area contributed by atoms with Crippen molar-refractivity contribution in [2.45, 2.75) is 30.7 Å². The number of rotatable bonds is 5. The second-order valence-electron chi connectivity index (χ2n) is 7.16. The molecule has 1 heterocycles. The summed E-state index contributed by atoms with van der Waals surface area (Å²) in [5.41, 5.74) is 1.04. The number of carbonyl (C=O) groups excluding carboxylic acids is 3. The van der Waals surface area contributed by atoms with Crippen molar-refractivity contribution in [3.63, 3.8) is 0 Å². The molecule has 1 amide bonds. The molecule has 2 aliphatic carbocycles. The van der Waals surface area contributed by atoms with Crippen LogP contribution in [0, 0.1) is 23.7 Å². The number of amides is 1. The lowest BCUT2D eigenvalue weighted by molar-refractivity contribution is -0.145. The molecule has 0 radical (unpaired) electrons. The van der Waals surface area contributed by atoms with Gasteiger partial charge in [-0.25, -0.2) is 4.79 Å². The van der Waals surface area contributed by atoms with Gasteiger partial charge in [0.2, 0.25) is 5.91 Å². The summed E-state index contributed by atoms with van der Waals surface area (Å²) in [6, 6.07) is 6.60. The minimum absolute atomic E-state index is 0.0432. The summed E-state index contributed by atoms with van der Waals surface area (Å²) >= 11 is 3.61. The molecule has 1 N–H and O–H groups in total. The molecule has 1 aromatic rings. The molecule has 1 aliphatic heterocycles. The van der Waals surface area contributed by atoms with E-state index < -0.39 is 0 Å². The van der Waals surface area contributed by atoms with Crippen LogP contribution in [0.3, 0.4) is 0 Å². The average Bonchev–Trinajstić information content (AvgIpc) is 3.24. The Labute approximate surface area is 159 Å². The standard InChI is InChI=1S/C19H20BrNO5/c1-2-7-25-18(23)9-3-5-10(6-4-9)21-17(22)13-11-8-12-14(13)19(24)26-16(12)15(11)20/h3-6,11-16H,2,7-8H2,1H3,(H,21,22)/t11-,12+,13-,14-,15+,16-/m0/s1. The Kier molecular flexibility index (Phi) is 4.50. The van der Waals surface area contributed by atoms with Crippen LogP contribution in [-0.2, 0) is 19.1 Å². The number of ether oxygens (including phenoxy) is 2. The molecule has 1 saturated heterocycles. The largest absolute Gasteiger partial charge is 0.462 e. The van der Waals surface area contributed by atoms with Gasteiger partial charge in [0.25, 0.3) is 0 Å². The predicted octanol–water partition coefficient (Wildman–Crippen LogP) is 2.76. The van der Waals surface area contributed by atoms with Gasteiger partial charge in [-0.05, 0) is 43.0 Å². The maximum Gasteiger partial charge on any atom is 0.338 e. The van der Waals surface area contributed by atoms with Gasteiger partial charge in [0.15, 0.2) is 0 Å². The highest BCUT2D eigenvalue weighted by atomic mass is 79.9. The highest BCUT2D eigenvalue weighted by molar-refractivity contribution is 9.09. The molecule has 4 rings (SSSR count). The topological polar surface area (TPSA) is 81.7 Å². The van der Waals surface area contributed by atoms with Crippen molar-refractivity contribution in [1.29, 1.82) is 0 Å². The van der Waals surface area contributed by atoms with Gasteiger partial charge in [-0.1, -0.05) is 22.9 Å². The van der Waals surface area contributed by atoms with Gasteiger partial charge in [0.05, 0.1) is 28.8 Å². The molecule has 3 aliphatic rings. The molecular formula is C19H20BrNO5. The van der Waals surface area contributed by atoms with Crippen LogP contribution in [0.25, 0.3) is 0 Å². The third-order valence-electron chi connectivity index (χ3n) is 5.65. The molecule has 0 aromatic heterocycles. The van der Waals surface area contributed by atoms with Gasteiger partial charge in [-0.2, -0.15) is 0 Å². The fourth-order valence-corrected chi connectivity index (χ4v) is 5.57. The Morgan fingerprint density at radius 2 is 2.00 bits per heavy atom. The summed E-state index contributed by atoms with van der Waals surface area (Å²) in [5, 5.41) is 2.88. The second kappa shape index (κ2) is 6.68. The molecule has 3 fully saturated rings. The summed E-state index contributed by atoms with van der Waals surface area (Å²) in [5.74, 6) is -1.23. The molecule has 0 spiro atoms. The Balaban J connectivity index is 1.44. The van der Waals surface area contributed by atoms with E-state index in [4.69, 9.17) is 9.47 Å². The van der Waals surface area contributed by atoms with Gasteiger partial charge < -0.3 is 14.8 Å². The van der Waals surface area contributed by atoms with Crippen LogP contribution in [0.4, 0.5) is 5.69 Å². The number of nitrogens with one attached hydrogen (secondary N) is 1. The highest BCUT2D eigenvalue weighted by Gasteiger charge is 2.67. The Morgan fingerprint density at radius 3 is 2.69 bits per heavy atom. The lowest BCUT2D eigenvalue weighted by Crippen LogP contribution is -2.40. The fourth-order valence-electron chi connectivity index (χ4n) is 4.52. The summed E-state index contributed by atoms with van der Waals surface area (Å²) in [6.07, 6.45) is 1.52. The third kappa shape index (κ3) is 2.73. The van der Waals surface area contributed by atoms with Gasteiger partial charge in [-0.15, -0.1) is 0 Å². The molecule has 2 bridgehead atoms. The Morgan fingerprint density at radius 1 is 1.27 bits per heavy atom. The minimum atomic E-state index is -0.375. The normalized spacial score (nSPS) is 33.8. The summed E-state index contributed by atoms with van der Waals surface area (Å²) < 4.78 is 10.5. The van der Waals surface area contributed by atoms with Crippen molar-refractivity contribution in [2.24, 2.45) is 23.7 Å². The summed E-state index contributed by atoms with van der Waals surface area (Å²) in [7, 11) is 0. The molecule has 6 nitrogen and oxygen atoms in total. The maximum atomic E-state index is 12.8. The van der Waals surface area contributed by atoms with Crippen LogP contribution in [0.5, 0.6) is 0 Å². The molecule has 1 aromatic carbocycles. The van der Waals surface area contributed by atoms with Gasteiger partial charge in [0, 0.05) is 11.6 Å². The van der Waals surface area contributed by atoms with E-state index in [1.54, 1.807) is 24.3 Å². The van der Waals surface area contributed by atoms with E-state index in [-0.39, 0.29) is 52.4 Å². The van der Waals surface area contributed by atoms with Crippen molar-refractivity contribution in [2.75, 3.05) is 11.9 Å². The first-order chi connectivity index (χ1) is 12.5.